The van der Waals surface area contributed by atoms with E-state index >= 15 is 0 Å². The molecule has 0 aliphatic heterocycles. The smallest absolute Gasteiger partial charge is 0.305 e. The van der Waals surface area contributed by atoms with E-state index in [1.165, 1.54) is 27.8 Å². The normalized spacial score (nSPS) is 12.1. The van der Waals surface area contributed by atoms with Crippen LogP contribution in [0.4, 0.5) is 0 Å². The number of phenolic OH excluding ortho intramolecular Hbond substituents is 1. The molecule has 0 aliphatic rings. The summed E-state index contributed by atoms with van der Waals surface area (Å²) in [5, 5.41) is 27.2. The maximum absolute atomic E-state index is 11.7. The Balaban J connectivity index is 1.12. The zero-order valence-corrected chi connectivity index (χ0v) is 22.5. The maximum Gasteiger partial charge on any atom is 0.305 e. The summed E-state index contributed by atoms with van der Waals surface area (Å²) < 4.78 is 0.683. The lowest BCUT2D eigenvalue weighted by Gasteiger charge is -2.14. The summed E-state index contributed by atoms with van der Waals surface area (Å²) in [5.74, 6) is 0.0416. The van der Waals surface area contributed by atoms with E-state index in [-0.39, 0.29) is 10.6 Å². The summed E-state index contributed by atoms with van der Waals surface area (Å²) in [6.07, 6.45) is 1.38. The molecule has 0 saturated heterocycles. The van der Waals surface area contributed by atoms with Crippen molar-refractivity contribution in [3.63, 3.8) is 0 Å². The van der Waals surface area contributed by atoms with Crippen LogP contribution in [-0.4, -0.2) is 34.5 Å². The van der Waals surface area contributed by atoms with Gasteiger partial charge in [-0.05, 0) is 58.8 Å². The summed E-state index contributed by atoms with van der Waals surface area (Å²) in [7, 11) is 0. The number of nitrogens with one attached hydrogen (secondary N) is 3. The lowest BCUT2D eigenvalue weighted by Crippen LogP contribution is -2.32. The molecule has 0 amide bonds. The number of hydrogen-bond acceptors (Lipinski definition) is 6. The molecule has 1 atom stereocenters. The number of rotatable bonds is 12. The van der Waals surface area contributed by atoms with Crippen LogP contribution < -0.4 is 15.5 Å². The molecule has 4 aromatic carbocycles. The molecule has 5 aromatic rings. The SMILES string of the molecule is O=c1[nH]c2c(O)ccc(CC(O)NCCc3ccc(-c4ccccc4CNCCc4ccccc4)cc3)c2s1. The molecule has 5 rings (SSSR count). The highest BCUT2D eigenvalue weighted by Crippen LogP contribution is 2.28. The first-order valence-corrected chi connectivity index (χ1v) is 14.1. The van der Waals surface area contributed by atoms with Crippen LogP contribution in [0.3, 0.4) is 0 Å². The lowest BCUT2D eigenvalue weighted by molar-refractivity contribution is 0.139. The van der Waals surface area contributed by atoms with Crippen molar-refractivity contribution in [2.75, 3.05) is 13.1 Å². The fraction of sp³-hybridized carbons (Fsp3) is 0.219. The molecule has 0 aliphatic carbocycles. The highest BCUT2D eigenvalue weighted by Gasteiger charge is 2.13. The third-order valence-corrected chi connectivity index (χ3v) is 7.83. The van der Waals surface area contributed by atoms with Crippen molar-refractivity contribution in [3.8, 4) is 16.9 Å². The molecular formula is C32H33N3O3S. The molecule has 1 aromatic heterocycles. The van der Waals surface area contributed by atoms with Gasteiger partial charge in [0, 0.05) is 19.5 Å². The summed E-state index contributed by atoms with van der Waals surface area (Å²) in [6.45, 7) is 2.37. The predicted molar refractivity (Wildman–Crippen MR) is 159 cm³/mol. The summed E-state index contributed by atoms with van der Waals surface area (Å²) in [4.78, 5) is 14.1. The first-order chi connectivity index (χ1) is 19.1. The quantitative estimate of drug-likeness (QED) is 0.114. The van der Waals surface area contributed by atoms with Crippen LogP contribution in [0, 0.1) is 0 Å². The van der Waals surface area contributed by atoms with Crippen LogP contribution in [0.2, 0.25) is 0 Å². The van der Waals surface area contributed by atoms with Gasteiger partial charge < -0.3 is 20.5 Å². The van der Waals surface area contributed by atoms with Crippen molar-refractivity contribution >= 4 is 21.6 Å². The average molecular weight is 540 g/mol. The van der Waals surface area contributed by atoms with Gasteiger partial charge in [0.05, 0.1) is 4.70 Å². The van der Waals surface area contributed by atoms with Crippen LogP contribution in [0.5, 0.6) is 5.75 Å². The number of benzene rings is 4. The second kappa shape index (κ2) is 12.9. The van der Waals surface area contributed by atoms with Crippen molar-refractivity contribution in [1.82, 2.24) is 15.6 Å². The number of thiazole rings is 1. The third-order valence-electron chi connectivity index (χ3n) is 6.88. The number of aromatic amines is 1. The third kappa shape index (κ3) is 7.02. The largest absolute Gasteiger partial charge is 0.506 e. The number of fused-ring (bicyclic) bond motifs is 1. The van der Waals surface area contributed by atoms with E-state index < -0.39 is 6.23 Å². The van der Waals surface area contributed by atoms with Crippen molar-refractivity contribution in [1.29, 1.82) is 0 Å². The second-order valence-electron chi connectivity index (χ2n) is 9.65. The Kier molecular flexibility index (Phi) is 8.85. The Morgan fingerprint density at radius 2 is 1.51 bits per heavy atom. The molecule has 7 heteroatoms. The highest BCUT2D eigenvalue weighted by atomic mass is 32.1. The van der Waals surface area contributed by atoms with Gasteiger partial charge in [-0.2, -0.15) is 0 Å². The molecule has 0 fully saturated rings. The van der Waals surface area contributed by atoms with Crippen molar-refractivity contribution in [2.45, 2.75) is 32.0 Å². The Hall–Kier alpha value is -3.75. The van der Waals surface area contributed by atoms with Gasteiger partial charge in [-0.25, -0.2) is 0 Å². The van der Waals surface area contributed by atoms with E-state index in [2.05, 4.69) is 88.4 Å². The molecule has 1 heterocycles. The number of H-pyrrole nitrogens is 1. The van der Waals surface area contributed by atoms with Gasteiger partial charge in [0.1, 0.15) is 17.5 Å². The standard InChI is InChI=1S/C32H33N3O3S/c36-28-15-14-25(31-30(28)35-32(38)39-31)20-29(37)34-19-17-23-10-12-24(13-11-23)27-9-5-4-8-26(27)21-33-18-16-22-6-2-1-3-7-22/h1-15,29,33-34,36-37H,16-21H2,(H,35,38). The van der Waals surface area contributed by atoms with Gasteiger partial charge in [-0.15, -0.1) is 0 Å². The lowest BCUT2D eigenvalue weighted by atomic mass is 9.98. The van der Waals surface area contributed by atoms with Crippen LogP contribution in [0.15, 0.2) is 95.8 Å². The number of aromatic nitrogens is 1. The van der Waals surface area contributed by atoms with Crippen LogP contribution in [-0.2, 0) is 25.8 Å². The van der Waals surface area contributed by atoms with E-state index in [0.717, 1.165) is 42.8 Å². The first-order valence-electron chi connectivity index (χ1n) is 13.2. The second-order valence-corrected chi connectivity index (χ2v) is 10.6. The molecule has 200 valence electrons. The fourth-order valence-corrected chi connectivity index (χ4v) is 5.68. The highest BCUT2D eigenvalue weighted by molar-refractivity contribution is 7.16. The van der Waals surface area contributed by atoms with Crippen molar-refractivity contribution in [2.24, 2.45) is 0 Å². The summed E-state index contributed by atoms with van der Waals surface area (Å²) in [6, 6.07) is 31.0. The number of phenols is 1. The monoisotopic (exact) mass is 539 g/mol. The Bertz CT molecular complexity index is 1560. The van der Waals surface area contributed by atoms with Crippen LogP contribution in [0.25, 0.3) is 21.3 Å². The van der Waals surface area contributed by atoms with Crippen LogP contribution in [0.1, 0.15) is 22.3 Å². The molecule has 5 N–H and O–H groups in total. The van der Waals surface area contributed by atoms with E-state index in [4.69, 9.17) is 0 Å². The number of aliphatic hydroxyl groups excluding tert-OH is 1. The first kappa shape index (κ1) is 26.8. The molecule has 1 unspecified atom stereocenters. The van der Waals surface area contributed by atoms with Gasteiger partial charge in [0.25, 0.3) is 0 Å². The van der Waals surface area contributed by atoms with Gasteiger partial charge in [-0.1, -0.05) is 96.3 Å². The number of aromatic hydroxyl groups is 1. The zero-order valence-electron chi connectivity index (χ0n) is 21.7. The summed E-state index contributed by atoms with van der Waals surface area (Å²) in [5.41, 5.74) is 7.48. The van der Waals surface area contributed by atoms with Gasteiger partial charge in [0.2, 0.25) is 0 Å². The molecule has 0 radical (unpaired) electrons. The summed E-state index contributed by atoms with van der Waals surface area (Å²) >= 11 is 1.05. The van der Waals surface area contributed by atoms with E-state index in [1.807, 2.05) is 6.07 Å². The van der Waals surface area contributed by atoms with Crippen molar-refractivity contribution < 1.29 is 10.2 Å². The molecule has 0 spiro atoms. The Morgan fingerprint density at radius 3 is 2.33 bits per heavy atom. The minimum atomic E-state index is -0.754. The molecule has 0 bridgehead atoms. The van der Waals surface area contributed by atoms with Gasteiger partial charge >= 0.3 is 4.87 Å². The molecule has 0 saturated carbocycles. The molecule has 6 nitrogen and oxygen atoms in total. The molecular weight excluding hydrogens is 506 g/mol. The topological polar surface area (TPSA) is 97.4 Å². The fourth-order valence-electron chi connectivity index (χ4n) is 4.80. The number of hydrogen-bond donors (Lipinski definition) is 5. The van der Waals surface area contributed by atoms with E-state index in [0.29, 0.717) is 23.2 Å². The maximum atomic E-state index is 11.7. The Labute approximate surface area is 232 Å². The minimum Gasteiger partial charge on any atom is -0.506 e. The van der Waals surface area contributed by atoms with Crippen molar-refractivity contribution in [3.05, 3.63) is 123 Å². The zero-order chi connectivity index (χ0) is 27.0. The minimum absolute atomic E-state index is 0.0416. The van der Waals surface area contributed by atoms with Gasteiger partial charge in [0.15, 0.2) is 0 Å². The van der Waals surface area contributed by atoms with Gasteiger partial charge in [-0.3, -0.25) is 10.1 Å². The van der Waals surface area contributed by atoms with Crippen LogP contribution >= 0.6 is 11.3 Å². The van der Waals surface area contributed by atoms with E-state index in [9.17, 15) is 15.0 Å². The van der Waals surface area contributed by atoms with E-state index in [1.54, 1.807) is 12.1 Å². The molecule has 39 heavy (non-hydrogen) atoms. The predicted octanol–water partition coefficient (Wildman–Crippen LogP) is 4.99. The Morgan fingerprint density at radius 1 is 0.795 bits per heavy atom. The average Bonchev–Trinajstić information content (AvgIpc) is 3.36. The number of aliphatic hydroxyl groups is 1.